The molecule has 2 N–H and O–H groups in total. The van der Waals surface area contributed by atoms with Crippen LogP contribution in [-0.2, 0) is 7.05 Å². The second-order valence-corrected chi connectivity index (χ2v) is 5.59. The molecule has 0 spiro atoms. The van der Waals surface area contributed by atoms with Crippen LogP contribution in [0.5, 0.6) is 0 Å². The fourth-order valence-corrected chi connectivity index (χ4v) is 3.09. The van der Waals surface area contributed by atoms with Crippen LogP contribution >= 0.6 is 0 Å². The molecule has 5 heteroatoms. The van der Waals surface area contributed by atoms with Crippen molar-refractivity contribution in [2.75, 3.05) is 0 Å². The Morgan fingerprint density at radius 3 is 2.50 bits per heavy atom. The van der Waals surface area contributed by atoms with Gasteiger partial charge in [0.2, 0.25) is 0 Å². The molecule has 0 atom stereocenters. The van der Waals surface area contributed by atoms with Gasteiger partial charge in [0.1, 0.15) is 5.69 Å². The van der Waals surface area contributed by atoms with E-state index in [1.807, 2.05) is 0 Å². The molecule has 1 heterocycles. The third-order valence-electron chi connectivity index (χ3n) is 4.17. The molecule has 0 saturated heterocycles. The summed E-state index contributed by atoms with van der Waals surface area (Å²) in [5.41, 5.74) is 8.85. The SMILES string of the molecule is C#Cc1cc(-c2ccc(F)c(F)c2)c2c(c1)c(C)c(C(N)=O)n2C. The normalized spacial score (nSPS) is 10.8. The smallest absolute Gasteiger partial charge is 0.265 e. The second kappa shape index (κ2) is 5.50. The van der Waals surface area contributed by atoms with Crippen molar-refractivity contribution in [3.8, 4) is 23.5 Å². The summed E-state index contributed by atoms with van der Waals surface area (Å²) < 4.78 is 28.6. The summed E-state index contributed by atoms with van der Waals surface area (Å²) in [5, 5.41) is 0.751. The highest BCUT2D eigenvalue weighted by Gasteiger charge is 2.20. The lowest BCUT2D eigenvalue weighted by Crippen LogP contribution is -2.16. The van der Waals surface area contributed by atoms with Crippen molar-refractivity contribution in [1.82, 2.24) is 4.57 Å². The Balaban J connectivity index is 2.47. The summed E-state index contributed by atoms with van der Waals surface area (Å²) in [5.74, 6) is 0.104. The number of primary amides is 1. The monoisotopic (exact) mass is 324 g/mol. The summed E-state index contributed by atoms with van der Waals surface area (Å²) >= 11 is 0. The maximum Gasteiger partial charge on any atom is 0.265 e. The number of terminal acetylenes is 1. The number of nitrogens with zero attached hydrogens (tertiary/aromatic N) is 1. The molecule has 3 rings (SSSR count). The summed E-state index contributed by atoms with van der Waals surface area (Å²) in [6, 6.07) is 7.12. The highest BCUT2D eigenvalue weighted by atomic mass is 19.2. The number of nitrogens with two attached hydrogens (primary N) is 1. The van der Waals surface area contributed by atoms with Crippen LogP contribution in [0.1, 0.15) is 21.6 Å². The van der Waals surface area contributed by atoms with Gasteiger partial charge in [-0.1, -0.05) is 12.0 Å². The molecule has 0 aliphatic rings. The molecule has 3 aromatic rings. The highest BCUT2D eigenvalue weighted by molar-refractivity contribution is 6.05. The summed E-state index contributed by atoms with van der Waals surface area (Å²) in [7, 11) is 1.70. The number of rotatable bonds is 2. The van der Waals surface area contributed by atoms with Crippen LogP contribution in [0.4, 0.5) is 8.78 Å². The first-order valence-corrected chi connectivity index (χ1v) is 7.20. The van der Waals surface area contributed by atoms with Crippen LogP contribution in [-0.4, -0.2) is 10.5 Å². The average molecular weight is 324 g/mol. The van der Waals surface area contributed by atoms with Gasteiger partial charge in [0.25, 0.3) is 5.91 Å². The van der Waals surface area contributed by atoms with Crippen LogP contribution in [0.25, 0.3) is 22.0 Å². The van der Waals surface area contributed by atoms with E-state index in [0.29, 0.717) is 33.5 Å². The third kappa shape index (κ3) is 2.24. The molecular weight excluding hydrogens is 310 g/mol. The largest absolute Gasteiger partial charge is 0.364 e. The molecule has 1 amide bonds. The van der Waals surface area contributed by atoms with E-state index in [4.69, 9.17) is 12.2 Å². The van der Waals surface area contributed by atoms with Crippen molar-refractivity contribution in [3.05, 3.63) is 58.8 Å². The van der Waals surface area contributed by atoms with Crippen molar-refractivity contribution in [2.24, 2.45) is 12.8 Å². The van der Waals surface area contributed by atoms with Crippen molar-refractivity contribution in [2.45, 2.75) is 6.92 Å². The Morgan fingerprint density at radius 1 is 1.21 bits per heavy atom. The molecule has 120 valence electrons. The number of fused-ring (bicyclic) bond motifs is 1. The van der Waals surface area contributed by atoms with Crippen LogP contribution in [0.15, 0.2) is 30.3 Å². The Labute approximate surface area is 137 Å². The number of aromatic nitrogens is 1. The van der Waals surface area contributed by atoms with E-state index in [1.165, 1.54) is 6.07 Å². The van der Waals surface area contributed by atoms with E-state index < -0.39 is 17.5 Å². The topological polar surface area (TPSA) is 48.0 Å². The number of benzene rings is 2. The Morgan fingerprint density at radius 2 is 1.92 bits per heavy atom. The molecule has 0 radical (unpaired) electrons. The first kappa shape index (κ1) is 15.8. The first-order valence-electron chi connectivity index (χ1n) is 7.20. The fraction of sp³-hybridized carbons (Fsp3) is 0.105. The zero-order valence-electron chi connectivity index (χ0n) is 13.2. The number of aryl methyl sites for hydroxylation is 2. The minimum atomic E-state index is -0.951. The van der Waals surface area contributed by atoms with Gasteiger partial charge in [-0.2, -0.15) is 0 Å². The van der Waals surface area contributed by atoms with E-state index in [2.05, 4.69) is 5.92 Å². The summed E-state index contributed by atoms with van der Waals surface area (Å²) in [6.07, 6.45) is 5.51. The van der Waals surface area contributed by atoms with Gasteiger partial charge in [0.15, 0.2) is 11.6 Å². The average Bonchev–Trinajstić information content (AvgIpc) is 2.80. The number of halogens is 2. The molecule has 0 aliphatic heterocycles. The molecule has 0 bridgehead atoms. The fourth-order valence-electron chi connectivity index (χ4n) is 3.09. The Bertz CT molecular complexity index is 1040. The van der Waals surface area contributed by atoms with E-state index >= 15 is 0 Å². The minimum absolute atomic E-state index is 0.350. The molecule has 3 nitrogen and oxygen atoms in total. The Kier molecular flexibility index (Phi) is 3.61. The minimum Gasteiger partial charge on any atom is -0.364 e. The van der Waals surface area contributed by atoms with Crippen molar-refractivity contribution >= 4 is 16.8 Å². The van der Waals surface area contributed by atoms with E-state index in [1.54, 1.807) is 30.7 Å². The van der Waals surface area contributed by atoms with Crippen molar-refractivity contribution in [3.63, 3.8) is 0 Å². The highest BCUT2D eigenvalue weighted by Crippen LogP contribution is 2.35. The number of amides is 1. The van der Waals surface area contributed by atoms with Gasteiger partial charge in [-0.05, 0) is 42.3 Å². The van der Waals surface area contributed by atoms with Gasteiger partial charge in [0, 0.05) is 23.6 Å². The van der Waals surface area contributed by atoms with Gasteiger partial charge in [0.05, 0.1) is 5.52 Å². The lowest BCUT2D eigenvalue weighted by Gasteiger charge is -2.09. The van der Waals surface area contributed by atoms with Crippen LogP contribution in [0.3, 0.4) is 0 Å². The summed E-state index contributed by atoms with van der Waals surface area (Å²) in [4.78, 5) is 11.8. The third-order valence-corrected chi connectivity index (χ3v) is 4.17. The molecule has 0 unspecified atom stereocenters. The maximum absolute atomic E-state index is 13.7. The molecular formula is C19H14F2N2O. The number of hydrogen-bond donors (Lipinski definition) is 1. The zero-order chi connectivity index (χ0) is 17.6. The molecule has 1 aromatic heterocycles. The standard InChI is InChI=1S/C19H14F2N2O/c1-4-11-7-13-10(2)17(19(22)24)23(3)18(13)14(8-11)12-5-6-15(20)16(21)9-12/h1,5-9H,2-3H3,(H2,22,24). The lowest BCUT2D eigenvalue weighted by atomic mass is 9.98. The zero-order valence-corrected chi connectivity index (χ0v) is 13.2. The summed E-state index contributed by atoms with van der Waals surface area (Å²) in [6.45, 7) is 1.78. The van der Waals surface area contributed by atoms with Gasteiger partial charge < -0.3 is 10.3 Å². The van der Waals surface area contributed by atoms with Crippen LogP contribution < -0.4 is 5.73 Å². The van der Waals surface area contributed by atoms with Gasteiger partial charge in [-0.25, -0.2) is 8.78 Å². The molecule has 0 fully saturated rings. The van der Waals surface area contributed by atoms with Gasteiger partial charge in [-0.3, -0.25) is 4.79 Å². The number of carbonyl (C=O) groups is 1. The molecule has 2 aromatic carbocycles. The van der Waals surface area contributed by atoms with Gasteiger partial charge >= 0.3 is 0 Å². The maximum atomic E-state index is 13.7. The van der Waals surface area contributed by atoms with Crippen LogP contribution in [0, 0.1) is 30.9 Å². The number of carbonyl (C=O) groups excluding carboxylic acids is 1. The Hall–Kier alpha value is -3.13. The van der Waals surface area contributed by atoms with Gasteiger partial charge in [-0.15, -0.1) is 6.42 Å². The number of hydrogen-bond acceptors (Lipinski definition) is 1. The second-order valence-electron chi connectivity index (χ2n) is 5.59. The van der Waals surface area contributed by atoms with E-state index in [9.17, 15) is 13.6 Å². The van der Waals surface area contributed by atoms with Crippen molar-refractivity contribution in [1.29, 1.82) is 0 Å². The predicted octanol–water partition coefficient (Wildman–Crippen LogP) is 3.51. The first-order chi connectivity index (χ1) is 11.3. The quantitative estimate of drug-likeness (QED) is 0.721. The molecule has 24 heavy (non-hydrogen) atoms. The predicted molar refractivity (Wildman–Crippen MR) is 89.5 cm³/mol. The van der Waals surface area contributed by atoms with E-state index in [-0.39, 0.29) is 0 Å². The molecule has 0 aliphatic carbocycles. The van der Waals surface area contributed by atoms with Crippen molar-refractivity contribution < 1.29 is 13.6 Å². The molecule has 0 saturated carbocycles. The lowest BCUT2D eigenvalue weighted by molar-refractivity contribution is 0.0992. The van der Waals surface area contributed by atoms with Crippen LogP contribution in [0.2, 0.25) is 0 Å². The van der Waals surface area contributed by atoms with E-state index in [0.717, 1.165) is 17.5 Å².